The standard InChI is InChI=1S/C19H23BFN3O3/c1-18(2)19(3,4)27-20(26-18)17(21)10-14-15-12-25-16(11-24(15)23-22-14)13-8-6-5-7-9-13/h5-10,16H,11-12H2,1-4H3. The van der Waals surface area contributed by atoms with Gasteiger partial charge in [-0.1, -0.05) is 35.5 Å². The van der Waals surface area contributed by atoms with E-state index in [-0.39, 0.29) is 6.10 Å². The van der Waals surface area contributed by atoms with Crippen molar-refractivity contribution in [2.75, 3.05) is 0 Å². The van der Waals surface area contributed by atoms with Gasteiger partial charge in [0.1, 0.15) is 17.5 Å². The molecule has 27 heavy (non-hydrogen) atoms. The van der Waals surface area contributed by atoms with Crippen molar-refractivity contribution in [3.05, 3.63) is 53.0 Å². The van der Waals surface area contributed by atoms with Gasteiger partial charge in [-0.05, 0) is 39.3 Å². The number of aromatic nitrogens is 3. The zero-order valence-electron chi connectivity index (χ0n) is 16.0. The van der Waals surface area contributed by atoms with E-state index in [1.54, 1.807) is 4.68 Å². The van der Waals surface area contributed by atoms with E-state index < -0.39 is 24.0 Å². The summed E-state index contributed by atoms with van der Waals surface area (Å²) in [7, 11) is -1.05. The van der Waals surface area contributed by atoms with Crippen LogP contribution < -0.4 is 0 Å². The fourth-order valence-corrected chi connectivity index (χ4v) is 3.17. The summed E-state index contributed by atoms with van der Waals surface area (Å²) < 4.78 is 34.0. The average Bonchev–Trinajstić information content (AvgIpc) is 3.13. The highest BCUT2D eigenvalue weighted by molar-refractivity contribution is 6.54. The second-order valence-corrected chi connectivity index (χ2v) is 7.93. The molecule has 0 radical (unpaired) electrons. The number of halogens is 1. The molecule has 1 fully saturated rings. The first-order chi connectivity index (χ1) is 12.8. The van der Waals surface area contributed by atoms with Crippen molar-refractivity contribution in [1.29, 1.82) is 0 Å². The second-order valence-electron chi connectivity index (χ2n) is 7.93. The van der Waals surface area contributed by atoms with Crippen molar-refractivity contribution in [3.8, 4) is 0 Å². The van der Waals surface area contributed by atoms with Crippen molar-refractivity contribution < 1.29 is 18.4 Å². The number of hydrogen-bond donors (Lipinski definition) is 0. The molecule has 0 aliphatic carbocycles. The largest absolute Gasteiger partial charge is 0.525 e. The van der Waals surface area contributed by atoms with Gasteiger partial charge < -0.3 is 14.0 Å². The Kier molecular flexibility index (Phi) is 4.45. The second kappa shape index (κ2) is 6.54. The van der Waals surface area contributed by atoms with Crippen LogP contribution in [0.2, 0.25) is 0 Å². The number of fused-ring (bicyclic) bond motifs is 1. The molecule has 1 aromatic heterocycles. The first kappa shape index (κ1) is 18.3. The maximum atomic E-state index is 14.8. The van der Waals surface area contributed by atoms with Crippen molar-refractivity contribution in [2.45, 2.75) is 58.2 Å². The Bertz CT molecular complexity index is 850. The Hall–Kier alpha value is -2.03. The number of ether oxygens (including phenoxy) is 1. The minimum Gasteiger partial charge on any atom is -0.398 e. The van der Waals surface area contributed by atoms with Crippen LogP contribution in [0.3, 0.4) is 0 Å². The Morgan fingerprint density at radius 3 is 2.52 bits per heavy atom. The maximum absolute atomic E-state index is 14.8. The van der Waals surface area contributed by atoms with E-state index in [1.165, 1.54) is 6.08 Å². The Balaban J connectivity index is 1.53. The molecule has 1 aromatic carbocycles. The predicted octanol–water partition coefficient (Wildman–Crippen LogP) is 3.49. The molecule has 2 aliphatic rings. The third kappa shape index (κ3) is 3.33. The first-order valence-corrected chi connectivity index (χ1v) is 9.08. The van der Waals surface area contributed by atoms with E-state index in [1.807, 2.05) is 58.0 Å². The van der Waals surface area contributed by atoms with E-state index in [0.29, 0.717) is 18.8 Å². The third-order valence-electron chi connectivity index (χ3n) is 5.55. The molecule has 8 heteroatoms. The van der Waals surface area contributed by atoms with Gasteiger partial charge in [0.2, 0.25) is 0 Å². The number of rotatable bonds is 3. The van der Waals surface area contributed by atoms with Gasteiger partial charge in [0.15, 0.2) is 0 Å². The molecular formula is C19H23BFN3O3. The SMILES string of the molecule is CC1(C)OB(C(F)=Cc2nnn3c2COC(c2ccccc2)C3)OC1(C)C. The highest BCUT2D eigenvalue weighted by Gasteiger charge is 2.53. The van der Waals surface area contributed by atoms with Crippen molar-refractivity contribution in [1.82, 2.24) is 15.0 Å². The summed E-state index contributed by atoms with van der Waals surface area (Å²) in [4.78, 5) is 0. The van der Waals surface area contributed by atoms with Crippen LogP contribution >= 0.6 is 0 Å². The lowest BCUT2D eigenvalue weighted by Crippen LogP contribution is -2.41. The monoisotopic (exact) mass is 371 g/mol. The molecule has 2 aliphatic heterocycles. The summed E-state index contributed by atoms with van der Waals surface area (Å²) in [5.41, 5.74) is 0.547. The Morgan fingerprint density at radius 1 is 1.19 bits per heavy atom. The summed E-state index contributed by atoms with van der Waals surface area (Å²) in [6, 6.07) is 9.96. The van der Waals surface area contributed by atoms with Gasteiger partial charge in [-0.3, -0.25) is 0 Å². The third-order valence-corrected chi connectivity index (χ3v) is 5.55. The predicted molar refractivity (Wildman–Crippen MR) is 99.2 cm³/mol. The molecule has 4 rings (SSSR count). The number of benzene rings is 1. The lowest BCUT2D eigenvalue weighted by molar-refractivity contribution is -0.00146. The molecular weight excluding hydrogens is 348 g/mol. The van der Waals surface area contributed by atoms with E-state index in [9.17, 15) is 4.39 Å². The van der Waals surface area contributed by atoms with E-state index >= 15 is 0 Å². The summed E-state index contributed by atoms with van der Waals surface area (Å²) in [5.74, 6) is 0. The van der Waals surface area contributed by atoms with Gasteiger partial charge >= 0.3 is 7.12 Å². The quantitative estimate of drug-likeness (QED) is 0.773. The maximum Gasteiger partial charge on any atom is 0.525 e. The first-order valence-electron chi connectivity index (χ1n) is 9.08. The summed E-state index contributed by atoms with van der Waals surface area (Å²) in [6.07, 6.45) is 1.23. The average molecular weight is 371 g/mol. The summed E-state index contributed by atoms with van der Waals surface area (Å²) in [6.45, 7) is 8.40. The highest BCUT2D eigenvalue weighted by Crippen LogP contribution is 2.39. The van der Waals surface area contributed by atoms with Crippen LogP contribution in [-0.4, -0.2) is 33.3 Å². The van der Waals surface area contributed by atoms with Crippen LogP contribution in [0.15, 0.2) is 36.1 Å². The van der Waals surface area contributed by atoms with Gasteiger partial charge in [0.25, 0.3) is 0 Å². The van der Waals surface area contributed by atoms with Gasteiger partial charge in [-0.2, -0.15) is 0 Å². The summed E-state index contributed by atoms with van der Waals surface area (Å²) >= 11 is 0. The van der Waals surface area contributed by atoms with Crippen LogP contribution in [0.1, 0.15) is 50.8 Å². The van der Waals surface area contributed by atoms with Crippen LogP contribution in [0.5, 0.6) is 0 Å². The molecule has 1 saturated heterocycles. The van der Waals surface area contributed by atoms with Crippen LogP contribution in [-0.2, 0) is 27.2 Å². The van der Waals surface area contributed by atoms with Crippen LogP contribution in [0.25, 0.3) is 6.08 Å². The molecule has 1 unspecified atom stereocenters. The fraction of sp³-hybridized carbons (Fsp3) is 0.474. The van der Waals surface area contributed by atoms with Crippen LogP contribution in [0.4, 0.5) is 4.39 Å². The van der Waals surface area contributed by atoms with Gasteiger partial charge in [-0.25, -0.2) is 9.07 Å². The zero-order valence-corrected chi connectivity index (χ0v) is 16.0. The molecule has 0 N–H and O–H groups in total. The molecule has 3 heterocycles. The Labute approximate surface area is 158 Å². The van der Waals surface area contributed by atoms with Gasteiger partial charge in [-0.15, -0.1) is 5.10 Å². The lowest BCUT2D eigenvalue weighted by Gasteiger charge is -2.32. The van der Waals surface area contributed by atoms with Crippen molar-refractivity contribution >= 4 is 13.2 Å². The minimum atomic E-state index is -1.05. The smallest absolute Gasteiger partial charge is 0.398 e. The molecule has 2 aromatic rings. The number of nitrogens with zero attached hydrogens (tertiary/aromatic N) is 3. The molecule has 0 amide bonds. The topological polar surface area (TPSA) is 58.4 Å². The normalized spacial score (nSPS) is 24.1. The van der Waals surface area contributed by atoms with Crippen molar-refractivity contribution in [3.63, 3.8) is 0 Å². The highest BCUT2D eigenvalue weighted by atomic mass is 19.1. The Morgan fingerprint density at radius 2 is 1.85 bits per heavy atom. The molecule has 6 nitrogen and oxygen atoms in total. The van der Waals surface area contributed by atoms with E-state index in [2.05, 4.69) is 10.3 Å². The van der Waals surface area contributed by atoms with Gasteiger partial charge in [0, 0.05) is 0 Å². The van der Waals surface area contributed by atoms with Crippen molar-refractivity contribution in [2.24, 2.45) is 0 Å². The van der Waals surface area contributed by atoms with Gasteiger partial charge in [0.05, 0.1) is 30.0 Å². The molecule has 142 valence electrons. The molecule has 0 saturated carbocycles. The van der Waals surface area contributed by atoms with E-state index in [4.69, 9.17) is 14.0 Å². The molecule has 1 atom stereocenters. The number of hydrogen-bond acceptors (Lipinski definition) is 5. The lowest BCUT2D eigenvalue weighted by atomic mass is 9.87. The molecule has 0 spiro atoms. The molecule has 0 bridgehead atoms. The van der Waals surface area contributed by atoms with Crippen LogP contribution in [0, 0.1) is 0 Å². The minimum absolute atomic E-state index is 0.0924. The fourth-order valence-electron chi connectivity index (χ4n) is 3.17. The zero-order chi connectivity index (χ0) is 19.2. The van der Waals surface area contributed by atoms with E-state index in [0.717, 1.165) is 11.3 Å². The summed E-state index contributed by atoms with van der Waals surface area (Å²) in [5, 5.41) is 8.28.